The Morgan fingerprint density at radius 1 is 0.458 bits per heavy atom. The van der Waals surface area contributed by atoms with Gasteiger partial charge in [-0.05, 0) is 100 Å². The van der Waals surface area contributed by atoms with Gasteiger partial charge in [-0.2, -0.15) is 8.42 Å². The van der Waals surface area contributed by atoms with E-state index in [-0.39, 0.29) is 85.6 Å². The molecule has 27 nitrogen and oxygen atoms in total. The Kier molecular flexibility index (Phi) is 55.5. The molecule has 5 unspecified atom stereocenters. The fourth-order valence-corrected chi connectivity index (χ4v) is 15.1. The molecule has 2 N–H and O–H groups in total. The Hall–Kier alpha value is -8.96. The van der Waals surface area contributed by atoms with E-state index in [0.29, 0.717) is 97.3 Å². The van der Waals surface area contributed by atoms with Crippen LogP contribution in [0.1, 0.15) is 82.2 Å². The van der Waals surface area contributed by atoms with E-state index in [0.717, 1.165) is 150 Å². The number of likely N-dealkylation sites (tertiary alicyclic amines) is 4. The van der Waals surface area contributed by atoms with Gasteiger partial charge in [0, 0.05) is 107 Å². The number of ether oxygens (including phenoxy) is 7. The molecule has 6 saturated heterocycles. The van der Waals surface area contributed by atoms with Gasteiger partial charge in [-0.25, -0.2) is 8.42 Å². The molecule has 9 aromatic carbocycles. The summed E-state index contributed by atoms with van der Waals surface area (Å²) in [7, 11) is -2.22. The van der Waals surface area contributed by atoms with E-state index in [1.807, 2.05) is 229 Å². The maximum absolute atomic E-state index is 12.4. The predicted octanol–water partition coefficient (Wildman–Crippen LogP) is 11.5. The number of rotatable bonds is 33. The summed E-state index contributed by atoms with van der Waals surface area (Å²) in [5.41, 5.74) is 23.8. The number of Topliss-reactive ketones (excluding diaryl/α,β-unsaturated/α-hetero) is 1. The van der Waals surface area contributed by atoms with Crippen molar-refractivity contribution >= 4 is 70.2 Å². The third kappa shape index (κ3) is 50.1. The molecule has 3 amide bonds. The minimum Gasteiger partial charge on any atom is -0.390 e. The van der Waals surface area contributed by atoms with Gasteiger partial charge in [0.1, 0.15) is 31.8 Å². The summed E-state index contributed by atoms with van der Waals surface area (Å²) >= 11 is 5.08. The number of hydrogen-bond donors (Lipinski definition) is 2. The number of nitrogens with one attached hydrogen (secondary N) is 1. The molecule has 0 aliphatic carbocycles. The molecule has 131 heavy (non-hydrogen) atoms. The van der Waals surface area contributed by atoms with E-state index in [2.05, 4.69) is 74.3 Å². The number of carbonyl (C=O) groups is 5. The summed E-state index contributed by atoms with van der Waals surface area (Å²) < 4.78 is 85.1. The topological polar surface area (TPSA) is 335 Å². The maximum Gasteiger partial charge on any atom is 1.00 e. The fourth-order valence-electron chi connectivity index (χ4n) is 14.3. The first kappa shape index (κ1) is 111. The monoisotopic (exact) mass is 1880 g/mol. The summed E-state index contributed by atoms with van der Waals surface area (Å²) in [5, 5.41) is 13.1. The summed E-state index contributed by atoms with van der Waals surface area (Å²) in [5.74, 6) is 0.0462. The molecule has 6 aliphatic heterocycles. The van der Waals surface area contributed by atoms with Gasteiger partial charge < -0.3 is 69.3 Å². The van der Waals surface area contributed by atoms with Crippen molar-refractivity contribution in [1.29, 1.82) is 0 Å². The third-order valence-corrected chi connectivity index (χ3v) is 21.5. The zero-order valence-corrected chi connectivity index (χ0v) is 80.4. The second kappa shape index (κ2) is 65.6. The standard InChI is InChI=1S/C21H27NO4S.C20H21NO3.C20H25NO2.C13H17NO3.C11H13NO.C9H9ClO2.C4H9NO.CH3ClO2S.N3.Na/c1-27(23,24)26-21(17-25-16-19-10-6-3-7-11-19)20-12-13-22(15-20)14-18-8-4-2-5-9-18;22-19(15-24-14-17-9-5-2-6-10-17)18-11-12-21(20(18)23)13-16-7-3-1-4-8-16;22-20(16-23-15-18-9-5-2-6-10-18)19-11-12-21(14-19)13-17-7-3-1-4-8-17;15-13(14-6-8-16-9-7-14)11-17-10-12-4-2-1-3-5-12;13-11-7-4-8-12(11)9-10-5-2-1-3-6-10;10-9(11)7-12-6-8-4-2-1-3-5-8;1-3-6-4-2-5-1;1-5(2,3)4;1-3-2;/h2-11,20-21H,12-17H2,1H3;1-10,18H,11-15H2;1-10,19-20,22H,11-16H2;1-5H,6-11H2;1-3,5-6H,4,7-9H2;1-5H,6-7H2;5H,1-4H2;1H3;;/q;;;;;;;;-1;+1. The van der Waals surface area contributed by atoms with Crippen molar-refractivity contribution in [3.05, 3.63) is 339 Å². The van der Waals surface area contributed by atoms with Crippen molar-refractivity contribution in [2.45, 2.75) is 104 Å². The molecule has 5 atom stereocenters. The Labute approximate surface area is 804 Å². The van der Waals surface area contributed by atoms with E-state index in [9.17, 15) is 45.9 Å². The fraction of sp³-hybridized carbons (Fsp3) is 0.404. The molecule has 15 rings (SSSR count). The minimum atomic E-state index is -3.53. The Morgan fingerprint density at radius 2 is 0.802 bits per heavy atom. The van der Waals surface area contributed by atoms with Crippen LogP contribution in [0.25, 0.3) is 16.0 Å². The van der Waals surface area contributed by atoms with Crippen LogP contribution in [0.3, 0.4) is 0 Å². The van der Waals surface area contributed by atoms with Crippen LogP contribution in [0.15, 0.2) is 273 Å². The van der Waals surface area contributed by atoms with Crippen molar-refractivity contribution in [3.63, 3.8) is 0 Å². The third-order valence-electron chi connectivity index (χ3n) is 20.8. The van der Waals surface area contributed by atoms with Gasteiger partial charge in [0.2, 0.25) is 32.0 Å². The number of halogens is 2. The largest absolute Gasteiger partial charge is 1.00 e. The van der Waals surface area contributed by atoms with Crippen LogP contribution in [0, 0.1) is 17.8 Å². The van der Waals surface area contributed by atoms with Gasteiger partial charge in [-0.1, -0.05) is 273 Å². The molecular formula is C99H124Cl2N9NaO18S2. The van der Waals surface area contributed by atoms with E-state index in [4.69, 9.17) is 60.0 Å². The number of nitrogens with zero attached hydrogens (tertiary/aromatic N) is 8. The molecule has 6 heterocycles. The first-order valence-electron chi connectivity index (χ1n) is 43.5. The number of morpholine rings is 2. The molecule has 0 radical (unpaired) electrons. The van der Waals surface area contributed by atoms with Crippen LogP contribution in [0.5, 0.6) is 0 Å². The smallest absolute Gasteiger partial charge is 0.390 e. The number of amides is 3. The van der Waals surface area contributed by atoms with Crippen LogP contribution in [0.2, 0.25) is 0 Å². The number of hydrogen-bond acceptors (Lipinski definition) is 21. The number of aliphatic hydroxyl groups excluding tert-OH is 1. The summed E-state index contributed by atoms with van der Waals surface area (Å²) in [6.45, 7) is 18.0. The molecule has 0 saturated carbocycles. The molecule has 700 valence electrons. The number of carbonyl (C=O) groups excluding carboxylic acids is 5. The Balaban J connectivity index is 0.000000238. The molecular weight excluding hydrogens is 1760 g/mol. The second-order valence-electron chi connectivity index (χ2n) is 31.3. The van der Waals surface area contributed by atoms with Gasteiger partial charge in [-0.3, -0.25) is 42.9 Å². The summed E-state index contributed by atoms with van der Waals surface area (Å²) in [6.07, 6.45) is 5.48. The number of benzene rings is 9. The quantitative estimate of drug-likeness (QED) is 0.00734. The van der Waals surface area contributed by atoms with Crippen molar-refractivity contribution in [3.8, 4) is 0 Å². The van der Waals surface area contributed by atoms with Crippen molar-refractivity contribution in [1.82, 2.24) is 29.8 Å². The predicted molar refractivity (Wildman–Crippen MR) is 505 cm³/mol. The van der Waals surface area contributed by atoms with E-state index in [1.54, 1.807) is 9.80 Å². The minimum absolute atomic E-state index is 0. The van der Waals surface area contributed by atoms with Crippen LogP contribution in [-0.4, -0.2) is 225 Å². The molecule has 6 aliphatic rings. The zero-order valence-electron chi connectivity index (χ0n) is 75.2. The van der Waals surface area contributed by atoms with Gasteiger partial charge in [0.15, 0.2) is 5.78 Å². The van der Waals surface area contributed by atoms with Crippen molar-refractivity contribution in [2.75, 3.05) is 137 Å². The van der Waals surface area contributed by atoms with Gasteiger partial charge >= 0.3 is 29.6 Å². The molecule has 6 fully saturated rings. The SMILES string of the molecule is C1COCCN1.CS(=O)(=O)Cl.CS(=O)(=O)OC(COCc1ccccc1)C1CCN(Cc2ccccc2)C1.O=C(COCc1ccccc1)C1CCN(Cc2ccccc2)C1=O.O=C(COCc1ccccc1)N1CCOCC1.O=C(Cl)COCc1ccccc1.O=C1CCCN1Cc1ccccc1.OC(COCc1ccccc1)C1CCN(Cc2ccccc2)C1.[N-]=[N+]=[N-].[Na+]. The number of aliphatic hydroxyl groups is 1. The van der Waals surface area contributed by atoms with Crippen LogP contribution >= 0.6 is 22.3 Å². The van der Waals surface area contributed by atoms with Gasteiger partial charge in [0.25, 0.3) is 10.1 Å². The van der Waals surface area contributed by atoms with E-state index in [1.165, 1.54) is 21.6 Å². The van der Waals surface area contributed by atoms with Crippen molar-refractivity contribution < 1.29 is 113 Å². The number of ketones is 1. The first-order valence-corrected chi connectivity index (χ1v) is 48.4. The average molecular weight is 1890 g/mol. The van der Waals surface area contributed by atoms with E-state index >= 15 is 0 Å². The maximum atomic E-state index is 12.4. The summed E-state index contributed by atoms with van der Waals surface area (Å²) in [4.78, 5) is 69.7. The Morgan fingerprint density at radius 3 is 1.17 bits per heavy atom. The molecule has 9 aromatic rings. The first-order chi connectivity index (χ1) is 63.0. The van der Waals surface area contributed by atoms with Crippen molar-refractivity contribution in [2.24, 2.45) is 17.8 Å². The molecule has 0 aromatic heterocycles. The molecule has 32 heteroatoms. The van der Waals surface area contributed by atoms with Gasteiger partial charge in [0.05, 0.1) is 91.3 Å². The Bertz CT molecular complexity index is 4860. The van der Waals surface area contributed by atoms with Crippen LogP contribution in [0.4, 0.5) is 0 Å². The zero-order chi connectivity index (χ0) is 93.1. The summed E-state index contributed by atoms with van der Waals surface area (Å²) in [6, 6.07) is 89.9. The van der Waals surface area contributed by atoms with Crippen LogP contribution < -0.4 is 34.9 Å². The van der Waals surface area contributed by atoms with Crippen LogP contribution in [-0.2, 0) is 140 Å². The van der Waals surface area contributed by atoms with Gasteiger partial charge in [-0.15, -0.1) is 0 Å². The molecule has 0 bridgehead atoms. The molecule has 0 spiro atoms. The normalized spacial score (nSPS) is 16.8. The average Bonchev–Trinajstić information content (AvgIpc) is 1.71. The second-order valence-corrected chi connectivity index (χ2v) is 36.4. The van der Waals surface area contributed by atoms with E-state index < -0.39 is 36.4 Å².